The molecule has 23 heavy (non-hydrogen) atoms. The Morgan fingerprint density at radius 1 is 1.13 bits per heavy atom. The van der Waals surface area contributed by atoms with Crippen molar-refractivity contribution < 1.29 is 33.8 Å². The van der Waals surface area contributed by atoms with Crippen molar-refractivity contribution in [3.63, 3.8) is 0 Å². The van der Waals surface area contributed by atoms with Gasteiger partial charge in [-0.2, -0.15) is 0 Å². The van der Waals surface area contributed by atoms with Gasteiger partial charge >= 0.3 is 11.9 Å². The Labute approximate surface area is 137 Å². The van der Waals surface area contributed by atoms with E-state index in [0.29, 0.717) is 17.4 Å². The van der Waals surface area contributed by atoms with Gasteiger partial charge in [0.15, 0.2) is 6.10 Å². The van der Waals surface area contributed by atoms with Crippen molar-refractivity contribution in [2.75, 3.05) is 27.7 Å². The van der Waals surface area contributed by atoms with Gasteiger partial charge in [0.25, 0.3) is 0 Å². The molecule has 2 atom stereocenters. The summed E-state index contributed by atoms with van der Waals surface area (Å²) in [6.07, 6.45) is 1.39. The summed E-state index contributed by atoms with van der Waals surface area (Å²) in [6, 6.07) is 0. The first-order chi connectivity index (χ1) is 10.5. The van der Waals surface area contributed by atoms with Crippen molar-refractivity contribution in [3.8, 4) is 0 Å². The number of carboxylic acids is 2. The Morgan fingerprint density at radius 2 is 1.74 bits per heavy atom. The molecule has 2 unspecified atom stereocenters. The van der Waals surface area contributed by atoms with Crippen LogP contribution in [-0.2, 0) is 19.1 Å². The Morgan fingerprint density at radius 3 is 2.22 bits per heavy atom. The molecule has 0 aliphatic rings. The predicted octanol–water partition coefficient (Wildman–Crippen LogP) is 0.416. The van der Waals surface area contributed by atoms with E-state index in [2.05, 4.69) is 0 Å². The van der Waals surface area contributed by atoms with Crippen LogP contribution in [0.3, 0.4) is 0 Å². The normalized spacial score (nSPS) is 14.1. The molecular weight excluding hydrogens is 302 g/mol. The third kappa shape index (κ3) is 13.7. The quantitative estimate of drug-likeness (QED) is 0.316. The largest absolute Gasteiger partial charge is 0.550 e. The molecule has 0 aliphatic carbocycles. The number of carbonyl (C=O) groups is 3. The van der Waals surface area contributed by atoms with Crippen LogP contribution >= 0.6 is 0 Å². The molecule has 0 saturated heterocycles. The highest BCUT2D eigenvalue weighted by Gasteiger charge is 2.23. The lowest BCUT2D eigenvalue weighted by Gasteiger charge is -2.29. The van der Waals surface area contributed by atoms with E-state index < -0.39 is 24.0 Å². The number of esters is 1. The molecule has 0 rings (SSSR count). The van der Waals surface area contributed by atoms with Crippen LogP contribution in [0.4, 0.5) is 0 Å². The molecule has 7 heteroatoms. The molecule has 0 aromatic rings. The Kier molecular flexibility index (Phi) is 9.48. The van der Waals surface area contributed by atoms with Gasteiger partial charge in [-0.3, -0.25) is 9.59 Å². The number of rotatable bonds is 12. The summed E-state index contributed by atoms with van der Waals surface area (Å²) in [5.74, 6) is -2.40. The summed E-state index contributed by atoms with van der Waals surface area (Å²) in [5.41, 5.74) is 0. The van der Waals surface area contributed by atoms with Gasteiger partial charge in [0.1, 0.15) is 6.54 Å². The number of nitrogens with zero attached hydrogens (tertiary/aromatic N) is 1. The summed E-state index contributed by atoms with van der Waals surface area (Å²) in [7, 11) is 5.67. The monoisotopic (exact) mass is 331 g/mol. The second kappa shape index (κ2) is 10.2. The van der Waals surface area contributed by atoms with Crippen molar-refractivity contribution in [1.82, 2.24) is 0 Å². The maximum atomic E-state index is 11.9. The van der Waals surface area contributed by atoms with Crippen LogP contribution in [-0.4, -0.2) is 61.3 Å². The first kappa shape index (κ1) is 21.4. The highest BCUT2D eigenvalue weighted by molar-refractivity contribution is 5.71. The van der Waals surface area contributed by atoms with Crippen molar-refractivity contribution in [2.45, 2.75) is 51.6 Å². The maximum Gasteiger partial charge on any atom is 0.306 e. The van der Waals surface area contributed by atoms with Crippen LogP contribution in [0.1, 0.15) is 45.4 Å². The smallest absolute Gasteiger partial charge is 0.306 e. The van der Waals surface area contributed by atoms with Gasteiger partial charge in [-0.1, -0.05) is 19.8 Å². The standard InChI is InChI=1S/C16H29NO6/c1-12(7-5-6-8-14(18)19)9-16(22)23-13(10-15(20)21)11-17(2,3)4/h12-13H,5-11H2,1-4H3,(H-,18,19,20,21). The topological polar surface area (TPSA) is 104 Å². The first-order valence-corrected chi connectivity index (χ1v) is 7.91. The number of unbranched alkanes of at least 4 members (excludes halogenated alkanes) is 1. The minimum atomic E-state index is -1.24. The van der Waals surface area contributed by atoms with Gasteiger partial charge in [-0.15, -0.1) is 0 Å². The number of hydrogen-bond acceptors (Lipinski definition) is 5. The van der Waals surface area contributed by atoms with Crippen molar-refractivity contribution in [1.29, 1.82) is 0 Å². The van der Waals surface area contributed by atoms with Gasteiger partial charge in [0.2, 0.25) is 0 Å². The molecule has 1 N–H and O–H groups in total. The van der Waals surface area contributed by atoms with Gasteiger partial charge < -0.3 is 24.2 Å². The lowest BCUT2D eigenvalue weighted by atomic mass is 10.00. The molecule has 0 fully saturated rings. The zero-order valence-electron chi connectivity index (χ0n) is 14.5. The average molecular weight is 331 g/mol. The summed E-state index contributed by atoms with van der Waals surface area (Å²) in [4.78, 5) is 33.1. The number of likely N-dealkylation sites (N-methyl/N-ethyl adjacent to an activating group) is 1. The van der Waals surface area contributed by atoms with E-state index in [1.165, 1.54) is 0 Å². The molecular formula is C16H29NO6. The zero-order chi connectivity index (χ0) is 18.0. The number of carbonyl (C=O) groups excluding carboxylic acids is 2. The highest BCUT2D eigenvalue weighted by Crippen LogP contribution is 2.15. The summed E-state index contributed by atoms with van der Waals surface area (Å²) < 4.78 is 5.77. The number of aliphatic carboxylic acids is 2. The zero-order valence-corrected chi connectivity index (χ0v) is 14.5. The van der Waals surface area contributed by atoms with E-state index in [4.69, 9.17) is 9.84 Å². The van der Waals surface area contributed by atoms with Gasteiger partial charge in [-0.25, -0.2) is 0 Å². The maximum absolute atomic E-state index is 11.9. The van der Waals surface area contributed by atoms with Crippen LogP contribution in [0.25, 0.3) is 0 Å². The van der Waals surface area contributed by atoms with Crippen LogP contribution in [0, 0.1) is 5.92 Å². The molecule has 0 saturated carbocycles. The summed E-state index contributed by atoms with van der Waals surface area (Å²) in [6.45, 7) is 2.29. The second-order valence-corrected chi connectivity index (χ2v) is 7.11. The van der Waals surface area contributed by atoms with E-state index in [0.717, 1.165) is 12.8 Å². The molecule has 0 radical (unpaired) electrons. The predicted molar refractivity (Wildman–Crippen MR) is 82.3 cm³/mol. The van der Waals surface area contributed by atoms with E-state index >= 15 is 0 Å². The van der Waals surface area contributed by atoms with Crippen LogP contribution in [0.2, 0.25) is 0 Å². The fraction of sp³-hybridized carbons (Fsp3) is 0.812. The molecule has 7 nitrogen and oxygen atoms in total. The molecule has 0 aromatic carbocycles. The number of ether oxygens (including phenoxy) is 1. The third-order valence-electron chi connectivity index (χ3n) is 3.30. The molecule has 0 spiro atoms. The molecule has 0 amide bonds. The van der Waals surface area contributed by atoms with Crippen LogP contribution in [0.5, 0.6) is 0 Å². The fourth-order valence-corrected chi connectivity index (χ4v) is 2.33. The van der Waals surface area contributed by atoms with Gasteiger partial charge in [0.05, 0.1) is 21.1 Å². The number of hydrogen-bond donors (Lipinski definition) is 1. The van der Waals surface area contributed by atoms with Crippen molar-refractivity contribution in [2.24, 2.45) is 5.92 Å². The highest BCUT2D eigenvalue weighted by atomic mass is 16.5. The van der Waals surface area contributed by atoms with E-state index in [9.17, 15) is 19.5 Å². The van der Waals surface area contributed by atoms with Gasteiger partial charge in [-0.05, 0) is 12.3 Å². The Balaban J connectivity index is 4.24. The number of carboxylic acid groups (broad SMARTS) is 2. The first-order valence-electron chi connectivity index (χ1n) is 7.91. The third-order valence-corrected chi connectivity index (χ3v) is 3.30. The van der Waals surface area contributed by atoms with E-state index in [1.807, 2.05) is 28.1 Å². The molecule has 0 aliphatic heterocycles. The van der Waals surface area contributed by atoms with Crippen molar-refractivity contribution in [3.05, 3.63) is 0 Å². The van der Waals surface area contributed by atoms with Crippen LogP contribution in [0.15, 0.2) is 0 Å². The second-order valence-electron chi connectivity index (χ2n) is 7.11. The van der Waals surface area contributed by atoms with Crippen molar-refractivity contribution >= 4 is 17.9 Å². The lowest BCUT2D eigenvalue weighted by molar-refractivity contribution is -0.873. The van der Waals surface area contributed by atoms with Crippen LogP contribution < -0.4 is 5.11 Å². The lowest BCUT2D eigenvalue weighted by Crippen LogP contribution is -2.45. The SMILES string of the molecule is CC(CCCCC(=O)O)CC(=O)OC(CC(=O)[O-])C[N+](C)(C)C. The molecule has 134 valence electrons. The molecule has 0 heterocycles. The molecule has 0 aromatic heterocycles. The van der Waals surface area contributed by atoms with E-state index in [-0.39, 0.29) is 25.2 Å². The average Bonchev–Trinajstić information content (AvgIpc) is 2.30. The van der Waals surface area contributed by atoms with E-state index in [1.54, 1.807) is 0 Å². The molecule has 0 bridgehead atoms. The Hall–Kier alpha value is -1.63. The minimum Gasteiger partial charge on any atom is -0.550 e. The summed E-state index contributed by atoms with van der Waals surface area (Å²) in [5, 5.41) is 19.3. The van der Waals surface area contributed by atoms with Gasteiger partial charge in [0, 0.05) is 25.2 Å². The fourth-order valence-electron chi connectivity index (χ4n) is 2.33. The minimum absolute atomic E-state index is 0.0732. The number of quaternary nitrogens is 1. The summed E-state index contributed by atoms with van der Waals surface area (Å²) >= 11 is 0. The Bertz CT molecular complexity index is 402.